The van der Waals surface area contributed by atoms with E-state index in [0.29, 0.717) is 17.3 Å². The van der Waals surface area contributed by atoms with Crippen molar-refractivity contribution in [1.29, 1.82) is 0 Å². The standard InChI is InChI=1S/C20H20N2O3/c1-2-3-4-13-24-18-11-9-16(10-12-18)19-21-20(25-22-19)17-7-5-15(14-23)6-8-17/h5-12,14H,2-4,13H2,1H3. The number of rotatable bonds is 8. The average molecular weight is 336 g/mol. The molecule has 0 unspecified atom stereocenters. The Morgan fingerprint density at radius 3 is 2.40 bits per heavy atom. The summed E-state index contributed by atoms with van der Waals surface area (Å²) in [6.07, 6.45) is 4.22. The van der Waals surface area contributed by atoms with Crippen molar-refractivity contribution in [2.24, 2.45) is 0 Å². The molecule has 0 atom stereocenters. The summed E-state index contributed by atoms with van der Waals surface area (Å²) in [5, 5.41) is 4.03. The monoisotopic (exact) mass is 336 g/mol. The van der Waals surface area contributed by atoms with Gasteiger partial charge in [0.2, 0.25) is 5.82 Å². The number of carbonyl (C=O) groups excluding carboxylic acids is 1. The first-order valence-corrected chi connectivity index (χ1v) is 8.42. The Bertz CT molecular complexity index is 808. The van der Waals surface area contributed by atoms with Gasteiger partial charge in [0.25, 0.3) is 5.89 Å². The van der Waals surface area contributed by atoms with Crippen LogP contribution in [0.25, 0.3) is 22.8 Å². The Balaban J connectivity index is 1.68. The Morgan fingerprint density at radius 2 is 1.72 bits per heavy atom. The zero-order valence-electron chi connectivity index (χ0n) is 14.1. The SMILES string of the molecule is CCCCCOc1ccc(-c2noc(-c3ccc(C=O)cc3)n2)cc1. The molecule has 0 aliphatic rings. The van der Waals surface area contributed by atoms with Crippen molar-refractivity contribution in [2.75, 3.05) is 6.61 Å². The first-order valence-electron chi connectivity index (χ1n) is 8.42. The maximum atomic E-state index is 10.7. The molecule has 3 rings (SSSR count). The van der Waals surface area contributed by atoms with Gasteiger partial charge in [0.15, 0.2) is 0 Å². The van der Waals surface area contributed by atoms with E-state index < -0.39 is 0 Å². The molecule has 1 aromatic heterocycles. The minimum atomic E-state index is 0.423. The molecule has 0 spiro atoms. The van der Waals surface area contributed by atoms with Crippen LogP contribution in [0.4, 0.5) is 0 Å². The minimum absolute atomic E-state index is 0.423. The van der Waals surface area contributed by atoms with Gasteiger partial charge < -0.3 is 9.26 Å². The highest BCUT2D eigenvalue weighted by atomic mass is 16.5. The van der Waals surface area contributed by atoms with Crippen LogP contribution in [0.3, 0.4) is 0 Å². The van der Waals surface area contributed by atoms with E-state index in [9.17, 15) is 4.79 Å². The zero-order chi connectivity index (χ0) is 17.5. The van der Waals surface area contributed by atoms with Crippen LogP contribution < -0.4 is 4.74 Å². The summed E-state index contributed by atoms with van der Waals surface area (Å²) in [6.45, 7) is 2.90. The third-order valence-electron chi connectivity index (χ3n) is 3.85. The second kappa shape index (κ2) is 8.24. The summed E-state index contributed by atoms with van der Waals surface area (Å²) in [5.41, 5.74) is 2.25. The topological polar surface area (TPSA) is 65.2 Å². The number of carbonyl (C=O) groups is 1. The Hall–Kier alpha value is -2.95. The fourth-order valence-corrected chi connectivity index (χ4v) is 2.40. The number of unbranched alkanes of at least 4 members (excludes halogenated alkanes) is 2. The second-order valence-corrected chi connectivity index (χ2v) is 5.74. The maximum Gasteiger partial charge on any atom is 0.258 e. The third-order valence-corrected chi connectivity index (χ3v) is 3.85. The van der Waals surface area contributed by atoms with Crippen molar-refractivity contribution in [1.82, 2.24) is 10.1 Å². The summed E-state index contributed by atoms with van der Waals surface area (Å²) in [6, 6.07) is 14.7. The lowest BCUT2D eigenvalue weighted by Crippen LogP contribution is -1.96. The van der Waals surface area contributed by atoms with Gasteiger partial charge in [-0.05, 0) is 42.8 Å². The number of ether oxygens (including phenoxy) is 1. The van der Waals surface area contributed by atoms with Crippen molar-refractivity contribution in [2.45, 2.75) is 26.2 Å². The molecule has 0 bridgehead atoms. The molecular formula is C20H20N2O3. The van der Waals surface area contributed by atoms with E-state index in [-0.39, 0.29) is 0 Å². The molecular weight excluding hydrogens is 316 g/mol. The number of aromatic nitrogens is 2. The van der Waals surface area contributed by atoms with Gasteiger partial charge in [-0.2, -0.15) is 4.98 Å². The number of aldehydes is 1. The molecule has 0 fully saturated rings. The number of hydrogen-bond donors (Lipinski definition) is 0. The van der Waals surface area contributed by atoms with Gasteiger partial charge in [-0.15, -0.1) is 0 Å². The maximum absolute atomic E-state index is 10.7. The highest BCUT2D eigenvalue weighted by Gasteiger charge is 2.10. The van der Waals surface area contributed by atoms with Crippen molar-refractivity contribution in [3.63, 3.8) is 0 Å². The Labute approximate surface area is 146 Å². The fourth-order valence-electron chi connectivity index (χ4n) is 2.40. The summed E-state index contributed by atoms with van der Waals surface area (Å²) in [4.78, 5) is 15.1. The van der Waals surface area contributed by atoms with Gasteiger partial charge in [-0.3, -0.25) is 4.79 Å². The molecule has 1 heterocycles. The number of hydrogen-bond acceptors (Lipinski definition) is 5. The van der Waals surface area contributed by atoms with E-state index in [4.69, 9.17) is 9.26 Å². The third kappa shape index (κ3) is 4.32. The van der Waals surface area contributed by atoms with Crippen LogP contribution in [0.2, 0.25) is 0 Å². The Morgan fingerprint density at radius 1 is 1.00 bits per heavy atom. The minimum Gasteiger partial charge on any atom is -0.494 e. The zero-order valence-corrected chi connectivity index (χ0v) is 14.1. The summed E-state index contributed by atoms with van der Waals surface area (Å²) >= 11 is 0. The molecule has 0 aliphatic heterocycles. The summed E-state index contributed by atoms with van der Waals surface area (Å²) in [7, 11) is 0. The van der Waals surface area contributed by atoms with Gasteiger partial charge in [0.1, 0.15) is 12.0 Å². The van der Waals surface area contributed by atoms with Crippen molar-refractivity contribution in [3.05, 3.63) is 54.1 Å². The van der Waals surface area contributed by atoms with E-state index in [1.165, 1.54) is 12.8 Å². The van der Waals surface area contributed by atoms with E-state index in [1.807, 2.05) is 24.3 Å². The predicted octanol–water partition coefficient (Wildman–Crippen LogP) is 4.79. The summed E-state index contributed by atoms with van der Waals surface area (Å²) < 4.78 is 11.0. The highest BCUT2D eigenvalue weighted by molar-refractivity contribution is 5.76. The van der Waals surface area contributed by atoms with E-state index in [0.717, 1.165) is 36.2 Å². The second-order valence-electron chi connectivity index (χ2n) is 5.74. The largest absolute Gasteiger partial charge is 0.494 e. The van der Waals surface area contributed by atoms with E-state index >= 15 is 0 Å². The average Bonchev–Trinajstić information content (AvgIpc) is 3.16. The first kappa shape index (κ1) is 16.9. The van der Waals surface area contributed by atoms with Gasteiger partial charge in [-0.1, -0.05) is 37.1 Å². The fraction of sp³-hybridized carbons (Fsp3) is 0.250. The van der Waals surface area contributed by atoms with Crippen LogP contribution in [0.5, 0.6) is 5.75 Å². The lowest BCUT2D eigenvalue weighted by Gasteiger charge is -2.05. The molecule has 0 amide bonds. The normalized spacial score (nSPS) is 10.6. The molecule has 0 radical (unpaired) electrons. The van der Waals surface area contributed by atoms with Crippen LogP contribution in [0, 0.1) is 0 Å². The molecule has 3 aromatic rings. The lowest BCUT2D eigenvalue weighted by atomic mass is 10.1. The predicted molar refractivity (Wildman–Crippen MR) is 95.6 cm³/mol. The van der Waals surface area contributed by atoms with E-state index in [1.54, 1.807) is 24.3 Å². The van der Waals surface area contributed by atoms with Gasteiger partial charge >= 0.3 is 0 Å². The molecule has 25 heavy (non-hydrogen) atoms. The number of nitrogens with zero attached hydrogens (tertiary/aromatic N) is 2. The molecule has 0 N–H and O–H groups in total. The Kier molecular flexibility index (Phi) is 5.57. The first-order chi connectivity index (χ1) is 12.3. The highest BCUT2D eigenvalue weighted by Crippen LogP contribution is 2.24. The molecule has 128 valence electrons. The van der Waals surface area contributed by atoms with Crippen LogP contribution in [-0.2, 0) is 0 Å². The summed E-state index contributed by atoms with van der Waals surface area (Å²) in [5.74, 6) is 1.78. The van der Waals surface area contributed by atoms with E-state index in [2.05, 4.69) is 17.1 Å². The molecule has 5 nitrogen and oxygen atoms in total. The smallest absolute Gasteiger partial charge is 0.258 e. The van der Waals surface area contributed by atoms with Gasteiger partial charge in [0, 0.05) is 16.7 Å². The number of benzene rings is 2. The molecule has 2 aromatic carbocycles. The lowest BCUT2D eigenvalue weighted by molar-refractivity contribution is 0.112. The molecule has 0 saturated carbocycles. The van der Waals surface area contributed by atoms with Crippen LogP contribution in [-0.4, -0.2) is 23.0 Å². The van der Waals surface area contributed by atoms with Crippen LogP contribution in [0.15, 0.2) is 53.1 Å². The van der Waals surface area contributed by atoms with Crippen molar-refractivity contribution < 1.29 is 14.1 Å². The van der Waals surface area contributed by atoms with Crippen LogP contribution in [0.1, 0.15) is 36.5 Å². The molecule has 0 saturated heterocycles. The van der Waals surface area contributed by atoms with Crippen molar-refractivity contribution in [3.8, 4) is 28.6 Å². The van der Waals surface area contributed by atoms with Crippen LogP contribution >= 0.6 is 0 Å². The molecule has 5 heteroatoms. The van der Waals surface area contributed by atoms with Crippen molar-refractivity contribution >= 4 is 6.29 Å². The van der Waals surface area contributed by atoms with Gasteiger partial charge in [-0.25, -0.2) is 0 Å². The quantitative estimate of drug-likeness (QED) is 0.437. The molecule has 0 aliphatic carbocycles. The van der Waals surface area contributed by atoms with Gasteiger partial charge in [0.05, 0.1) is 6.61 Å².